The molecule has 1 amide bonds. The number of amides is 1. The molecular weight excluding hydrogens is 366 g/mol. The number of rotatable bonds is 4. The molecule has 29 heavy (non-hydrogen) atoms. The molecule has 6 heteroatoms. The Kier molecular flexibility index (Phi) is 5.34. The molecule has 0 saturated heterocycles. The van der Waals surface area contributed by atoms with E-state index in [1.165, 1.54) is 26.4 Å². The number of nitrogens with one attached hydrogen (secondary N) is 2. The number of aromatic amines is 1. The van der Waals surface area contributed by atoms with Crippen molar-refractivity contribution in [1.29, 1.82) is 0 Å². The molecule has 150 valence electrons. The molecule has 1 aliphatic carbocycles. The minimum absolute atomic E-state index is 0.0377. The first-order valence-electron chi connectivity index (χ1n) is 10.0. The van der Waals surface area contributed by atoms with E-state index in [1.54, 1.807) is 12.1 Å². The highest BCUT2D eigenvalue weighted by Gasteiger charge is 2.23. The number of carbonyl (C=O) groups excluding carboxylic acids is 2. The fourth-order valence-corrected chi connectivity index (χ4v) is 3.95. The summed E-state index contributed by atoms with van der Waals surface area (Å²) in [7, 11) is 1.36. The van der Waals surface area contributed by atoms with E-state index in [-0.39, 0.29) is 17.9 Å². The summed E-state index contributed by atoms with van der Waals surface area (Å²) in [4.78, 5) is 32.2. The van der Waals surface area contributed by atoms with Crippen LogP contribution in [0, 0.1) is 5.92 Å². The van der Waals surface area contributed by atoms with Gasteiger partial charge in [-0.05, 0) is 49.1 Å². The van der Waals surface area contributed by atoms with Gasteiger partial charge in [0.25, 0.3) is 5.91 Å². The number of hydrogen-bond acceptors (Lipinski definition) is 4. The number of hydrogen-bond donors (Lipinski definition) is 2. The zero-order chi connectivity index (χ0) is 20.4. The molecule has 1 fully saturated rings. The molecule has 1 aromatic heterocycles. The molecule has 0 radical (unpaired) electrons. The molecule has 6 nitrogen and oxygen atoms in total. The summed E-state index contributed by atoms with van der Waals surface area (Å²) in [6, 6.07) is 12.8. The van der Waals surface area contributed by atoms with Crippen LogP contribution in [0.15, 0.2) is 42.5 Å². The third-order valence-electron chi connectivity index (χ3n) is 5.75. The van der Waals surface area contributed by atoms with Gasteiger partial charge in [-0.1, -0.05) is 31.9 Å². The van der Waals surface area contributed by atoms with E-state index in [2.05, 4.69) is 22.2 Å². The van der Waals surface area contributed by atoms with Crippen LogP contribution < -0.4 is 5.32 Å². The van der Waals surface area contributed by atoms with E-state index in [0.29, 0.717) is 22.9 Å². The van der Waals surface area contributed by atoms with E-state index in [4.69, 9.17) is 4.74 Å². The van der Waals surface area contributed by atoms with Gasteiger partial charge in [-0.15, -0.1) is 0 Å². The number of fused-ring (bicyclic) bond motifs is 1. The van der Waals surface area contributed by atoms with Crippen molar-refractivity contribution < 1.29 is 14.3 Å². The van der Waals surface area contributed by atoms with Gasteiger partial charge in [0.2, 0.25) is 0 Å². The standard InChI is InChI=1S/C23H25N3O3/c1-14-5-3-4-6-18(14)26-22(27)17-11-12-19-20(13-17)25-21(24-19)15-7-9-16(10-8-15)23(28)29-2/h7-14,18H,3-6H2,1-2H3,(H,24,25)(H,26,27). The van der Waals surface area contributed by atoms with Gasteiger partial charge < -0.3 is 15.0 Å². The van der Waals surface area contributed by atoms with Crippen molar-refractivity contribution in [2.24, 2.45) is 5.92 Å². The number of imidazole rings is 1. The van der Waals surface area contributed by atoms with Gasteiger partial charge in [0.1, 0.15) is 5.82 Å². The van der Waals surface area contributed by atoms with Crippen LogP contribution >= 0.6 is 0 Å². The van der Waals surface area contributed by atoms with Gasteiger partial charge in [-0.3, -0.25) is 4.79 Å². The van der Waals surface area contributed by atoms with Crippen LogP contribution in [-0.2, 0) is 4.74 Å². The zero-order valence-electron chi connectivity index (χ0n) is 16.7. The van der Waals surface area contributed by atoms with Crippen molar-refractivity contribution in [1.82, 2.24) is 15.3 Å². The minimum Gasteiger partial charge on any atom is -0.465 e. The van der Waals surface area contributed by atoms with Crippen molar-refractivity contribution in [3.63, 3.8) is 0 Å². The van der Waals surface area contributed by atoms with E-state index in [1.807, 2.05) is 30.3 Å². The van der Waals surface area contributed by atoms with E-state index in [0.717, 1.165) is 23.0 Å². The SMILES string of the molecule is COC(=O)c1ccc(-c2nc3ccc(C(=O)NC4CCCCC4C)cc3[nH]2)cc1. The second kappa shape index (κ2) is 8.07. The molecule has 1 aliphatic rings. The van der Waals surface area contributed by atoms with Crippen LogP contribution in [-0.4, -0.2) is 35.0 Å². The summed E-state index contributed by atoms with van der Waals surface area (Å²) >= 11 is 0. The van der Waals surface area contributed by atoms with Crippen molar-refractivity contribution in [2.45, 2.75) is 38.6 Å². The fraction of sp³-hybridized carbons (Fsp3) is 0.348. The summed E-state index contributed by atoms with van der Waals surface area (Å²) in [5, 5.41) is 3.19. The normalized spacial score (nSPS) is 19.1. The first kappa shape index (κ1) is 19.2. The number of nitrogens with zero attached hydrogens (tertiary/aromatic N) is 1. The maximum absolute atomic E-state index is 12.7. The van der Waals surface area contributed by atoms with Crippen molar-refractivity contribution in [3.8, 4) is 11.4 Å². The molecule has 0 spiro atoms. The van der Waals surface area contributed by atoms with E-state index in [9.17, 15) is 9.59 Å². The number of methoxy groups -OCH3 is 1. The number of esters is 1. The van der Waals surface area contributed by atoms with Crippen LogP contribution in [0.5, 0.6) is 0 Å². The Morgan fingerprint density at radius 1 is 1.07 bits per heavy atom. The number of benzene rings is 2. The second-order valence-corrected chi connectivity index (χ2v) is 7.73. The zero-order valence-corrected chi connectivity index (χ0v) is 16.7. The molecule has 2 atom stereocenters. The van der Waals surface area contributed by atoms with E-state index >= 15 is 0 Å². The van der Waals surface area contributed by atoms with Crippen molar-refractivity contribution >= 4 is 22.9 Å². The molecular formula is C23H25N3O3. The molecule has 2 aromatic carbocycles. The highest BCUT2D eigenvalue weighted by Crippen LogP contribution is 2.25. The van der Waals surface area contributed by atoms with Crippen molar-refractivity contribution in [2.75, 3.05) is 7.11 Å². The van der Waals surface area contributed by atoms with Gasteiger partial charge in [0.05, 0.1) is 23.7 Å². The quantitative estimate of drug-likeness (QED) is 0.649. The van der Waals surface area contributed by atoms with Crippen LogP contribution in [0.4, 0.5) is 0 Å². The van der Waals surface area contributed by atoms with Crippen LogP contribution in [0.1, 0.15) is 53.3 Å². The smallest absolute Gasteiger partial charge is 0.337 e. The van der Waals surface area contributed by atoms with Gasteiger partial charge >= 0.3 is 5.97 Å². The molecule has 2 N–H and O–H groups in total. The fourth-order valence-electron chi connectivity index (χ4n) is 3.95. The first-order chi connectivity index (χ1) is 14.0. The predicted octanol–water partition coefficient (Wildman–Crippen LogP) is 4.33. The Labute approximate surface area is 169 Å². The Balaban J connectivity index is 1.54. The topological polar surface area (TPSA) is 84.1 Å². The molecule has 0 aliphatic heterocycles. The van der Waals surface area contributed by atoms with E-state index < -0.39 is 0 Å². The third-order valence-corrected chi connectivity index (χ3v) is 5.75. The lowest BCUT2D eigenvalue weighted by Crippen LogP contribution is -2.41. The highest BCUT2D eigenvalue weighted by atomic mass is 16.5. The van der Waals surface area contributed by atoms with Crippen LogP contribution in [0.2, 0.25) is 0 Å². The lowest BCUT2D eigenvalue weighted by Gasteiger charge is -2.29. The summed E-state index contributed by atoms with van der Waals surface area (Å²) in [6.07, 6.45) is 4.64. The summed E-state index contributed by atoms with van der Waals surface area (Å²) in [5.41, 5.74) is 3.58. The van der Waals surface area contributed by atoms with Gasteiger partial charge in [0.15, 0.2) is 0 Å². The van der Waals surface area contributed by atoms with Crippen LogP contribution in [0.25, 0.3) is 22.4 Å². The number of carbonyl (C=O) groups is 2. The molecule has 1 heterocycles. The van der Waals surface area contributed by atoms with Crippen molar-refractivity contribution in [3.05, 3.63) is 53.6 Å². The summed E-state index contributed by atoms with van der Waals surface area (Å²) < 4.78 is 4.73. The summed E-state index contributed by atoms with van der Waals surface area (Å²) in [6.45, 7) is 2.21. The lowest BCUT2D eigenvalue weighted by molar-refractivity contribution is 0.0600. The maximum Gasteiger partial charge on any atom is 0.337 e. The number of ether oxygens (including phenoxy) is 1. The Morgan fingerprint density at radius 2 is 1.79 bits per heavy atom. The number of H-pyrrole nitrogens is 1. The first-order valence-corrected chi connectivity index (χ1v) is 10.0. The van der Waals surface area contributed by atoms with Crippen LogP contribution in [0.3, 0.4) is 0 Å². The maximum atomic E-state index is 12.7. The largest absolute Gasteiger partial charge is 0.465 e. The predicted molar refractivity (Wildman–Crippen MR) is 112 cm³/mol. The number of aromatic nitrogens is 2. The lowest BCUT2D eigenvalue weighted by atomic mass is 9.86. The molecule has 2 unspecified atom stereocenters. The molecule has 4 rings (SSSR count). The van der Waals surface area contributed by atoms with Gasteiger partial charge in [-0.25, -0.2) is 9.78 Å². The Hall–Kier alpha value is -3.15. The van der Waals surface area contributed by atoms with Gasteiger partial charge in [0, 0.05) is 17.2 Å². The second-order valence-electron chi connectivity index (χ2n) is 7.73. The average Bonchev–Trinajstić information content (AvgIpc) is 3.18. The summed E-state index contributed by atoms with van der Waals surface area (Å²) in [5.74, 6) is 0.798. The minimum atomic E-state index is -0.371. The average molecular weight is 391 g/mol. The molecule has 3 aromatic rings. The molecule has 0 bridgehead atoms. The monoisotopic (exact) mass is 391 g/mol. The molecule has 1 saturated carbocycles. The Morgan fingerprint density at radius 3 is 2.52 bits per heavy atom. The Bertz CT molecular complexity index is 1040. The van der Waals surface area contributed by atoms with Gasteiger partial charge in [-0.2, -0.15) is 0 Å². The highest BCUT2D eigenvalue weighted by molar-refractivity contribution is 5.98. The third kappa shape index (κ3) is 4.01.